The molecule has 0 aromatic heterocycles. The van der Waals surface area contributed by atoms with Gasteiger partial charge < -0.3 is 15.0 Å². The quantitative estimate of drug-likeness (QED) is 0.883. The van der Waals surface area contributed by atoms with Crippen LogP contribution in [0, 0.1) is 11.8 Å². The number of carbonyl (C=O) groups is 2. The van der Waals surface area contributed by atoms with Crippen LogP contribution >= 0.6 is 0 Å². The van der Waals surface area contributed by atoms with Crippen molar-refractivity contribution in [3.05, 3.63) is 35.4 Å². The molecule has 2 atom stereocenters. The summed E-state index contributed by atoms with van der Waals surface area (Å²) >= 11 is 0. The molecule has 1 aromatic carbocycles. The first kappa shape index (κ1) is 18.3. The van der Waals surface area contributed by atoms with Crippen molar-refractivity contribution in [2.24, 2.45) is 11.8 Å². The summed E-state index contributed by atoms with van der Waals surface area (Å²) in [6.07, 6.45) is 2.16. The summed E-state index contributed by atoms with van der Waals surface area (Å²) in [7, 11) is 1.36. The van der Waals surface area contributed by atoms with Crippen LogP contribution in [0.5, 0.6) is 0 Å². The zero-order chi connectivity index (χ0) is 19.4. The monoisotopic (exact) mass is 370 g/mol. The van der Waals surface area contributed by atoms with Crippen molar-refractivity contribution in [2.75, 3.05) is 20.2 Å². The Hall–Kier alpha value is -2.04. The van der Waals surface area contributed by atoms with Gasteiger partial charge in [-0.3, -0.25) is 4.79 Å². The van der Waals surface area contributed by atoms with Gasteiger partial charge in [-0.05, 0) is 49.1 Å². The molecule has 5 nitrogen and oxygen atoms in total. The molecule has 3 aliphatic rings. The van der Waals surface area contributed by atoms with Crippen molar-refractivity contribution in [3.63, 3.8) is 0 Å². The van der Waals surface area contributed by atoms with Crippen LogP contribution in [0.15, 0.2) is 24.3 Å². The summed E-state index contributed by atoms with van der Waals surface area (Å²) < 4.78 is 4.68. The highest BCUT2D eigenvalue weighted by atomic mass is 16.5. The molecule has 1 heterocycles. The minimum atomic E-state index is -0.422. The first-order valence-corrected chi connectivity index (χ1v) is 10.0. The van der Waals surface area contributed by atoms with Crippen molar-refractivity contribution < 1.29 is 14.3 Å². The van der Waals surface area contributed by atoms with Crippen LogP contribution in [0.1, 0.15) is 57.1 Å². The third kappa shape index (κ3) is 3.11. The predicted molar refractivity (Wildman–Crippen MR) is 104 cm³/mol. The van der Waals surface area contributed by atoms with E-state index in [0.29, 0.717) is 24.7 Å². The smallest absolute Gasteiger partial charge is 0.407 e. The summed E-state index contributed by atoms with van der Waals surface area (Å²) in [6.45, 7) is 8.12. The van der Waals surface area contributed by atoms with E-state index in [1.165, 1.54) is 24.7 Å². The Labute approximate surface area is 161 Å². The lowest BCUT2D eigenvalue weighted by Crippen LogP contribution is -2.58. The molecule has 0 bridgehead atoms. The van der Waals surface area contributed by atoms with E-state index in [1.54, 1.807) is 0 Å². The number of nitrogens with one attached hydrogen (secondary N) is 1. The lowest BCUT2D eigenvalue weighted by Gasteiger charge is -2.45. The lowest BCUT2D eigenvalue weighted by molar-refractivity contribution is -0.140. The van der Waals surface area contributed by atoms with E-state index in [-0.39, 0.29) is 22.8 Å². The Morgan fingerprint density at radius 1 is 1.19 bits per heavy atom. The molecule has 146 valence electrons. The first-order chi connectivity index (χ1) is 12.8. The molecule has 0 radical (unpaired) electrons. The average molecular weight is 370 g/mol. The van der Waals surface area contributed by atoms with Crippen molar-refractivity contribution in [2.45, 2.75) is 56.9 Å². The summed E-state index contributed by atoms with van der Waals surface area (Å²) in [5, 5.41) is 2.85. The van der Waals surface area contributed by atoms with E-state index in [2.05, 4.69) is 53.1 Å². The standard InChI is InChI=1S/C22H30N2O3/c1-14(2)15-5-7-17(8-6-15)22-11-18(22)12-24(13-22)19(25)16-9-21(3,10-16)23-20(26)27-4/h5-8,14,16,18H,9-13H2,1-4H3,(H,23,26). The molecule has 1 saturated heterocycles. The number of ether oxygens (including phenoxy) is 1. The van der Waals surface area contributed by atoms with Crippen LogP contribution in [-0.2, 0) is 14.9 Å². The zero-order valence-electron chi connectivity index (χ0n) is 16.7. The normalized spacial score (nSPS) is 34.0. The van der Waals surface area contributed by atoms with Crippen LogP contribution in [0.2, 0.25) is 0 Å². The Morgan fingerprint density at radius 3 is 2.44 bits per heavy atom. The number of carbonyl (C=O) groups excluding carboxylic acids is 2. The molecular formula is C22H30N2O3. The van der Waals surface area contributed by atoms with Crippen LogP contribution in [0.3, 0.4) is 0 Å². The summed E-state index contributed by atoms with van der Waals surface area (Å²) in [5.41, 5.74) is 2.62. The number of piperidine rings is 1. The molecule has 2 saturated carbocycles. The maximum atomic E-state index is 12.9. The van der Waals surface area contributed by atoms with Gasteiger partial charge in [0, 0.05) is 30.0 Å². The van der Waals surface area contributed by atoms with Gasteiger partial charge in [0.15, 0.2) is 0 Å². The van der Waals surface area contributed by atoms with Gasteiger partial charge in [0.05, 0.1) is 7.11 Å². The predicted octanol–water partition coefficient (Wildman–Crippen LogP) is 3.43. The molecule has 27 heavy (non-hydrogen) atoms. The van der Waals surface area contributed by atoms with Gasteiger partial charge in [0.1, 0.15) is 0 Å². The second kappa shape index (κ2) is 6.25. The molecule has 1 aromatic rings. The fraction of sp³-hybridized carbons (Fsp3) is 0.636. The number of alkyl carbamates (subject to hydrolysis) is 1. The van der Waals surface area contributed by atoms with Crippen LogP contribution in [-0.4, -0.2) is 42.6 Å². The third-order valence-corrected chi connectivity index (χ3v) is 6.94. The number of methoxy groups -OCH3 is 1. The van der Waals surface area contributed by atoms with Gasteiger partial charge in [-0.1, -0.05) is 38.1 Å². The molecule has 2 aliphatic carbocycles. The van der Waals surface area contributed by atoms with Crippen LogP contribution in [0.4, 0.5) is 4.79 Å². The number of likely N-dealkylation sites (tertiary alicyclic amines) is 1. The zero-order valence-corrected chi connectivity index (χ0v) is 16.7. The van der Waals surface area contributed by atoms with E-state index < -0.39 is 6.09 Å². The average Bonchev–Trinajstić information content (AvgIpc) is 3.20. The van der Waals surface area contributed by atoms with Crippen LogP contribution < -0.4 is 5.32 Å². The van der Waals surface area contributed by atoms with Gasteiger partial charge in [-0.15, -0.1) is 0 Å². The molecule has 2 amide bonds. The number of hydrogen-bond acceptors (Lipinski definition) is 3. The van der Waals surface area contributed by atoms with Gasteiger partial charge >= 0.3 is 6.09 Å². The Bertz CT molecular complexity index is 751. The van der Waals surface area contributed by atoms with E-state index in [1.807, 2.05) is 6.92 Å². The molecule has 5 heteroatoms. The number of rotatable bonds is 4. The number of nitrogens with zero attached hydrogens (tertiary/aromatic N) is 1. The number of amides is 2. The van der Waals surface area contributed by atoms with Crippen molar-refractivity contribution in [3.8, 4) is 0 Å². The molecule has 4 rings (SSSR count). The number of benzene rings is 1. The number of hydrogen-bond donors (Lipinski definition) is 1. The fourth-order valence-corrected chi connectivity index (χ4v) is 5.16. The van der Waals surface area contributed by atoms with Gasteiger partial charge in [-0.25, -0.2) is 4.79 Å². The first-order valence-electron chi connectivity index (χ1n) is 10.0. The second-order valence-electron chi connectivity index (χ2n) is 9.34. The lowest BCUT2D eigenvalue weighted by atomic mass is 9.69. The third-order valence-electron chi connectivity index (χ3n) is 6.94. The summed E-state index contributed by atoms with van der Waals surface area (Å²) in [5.74, 6) is 1.42. The highest BCUT2D eigenvalue weighted by Crippen LogP contribution is 2.59. The second-order valence-corrected chi connectivity index (χ2v) is 9.34. The Kier molecular flexibility index (Phi) is 4.24. The minimum Gasteiger partial charge on any atom is -0.453 e. The molecule has 2 unspecified atom stereocenters. The highest BCUT2D eigenvalue weighted by Gasteiger charge is 2.62. The van der Waals surface area contributed by atoms with Gasteiger partial charge in [-0.2, -0.15) is 0 Å². The van der Waals surface area contributed by atoms with Gasteiger partial charge in [0.25, 0.3) is 0 Å². The summed E-state index contributed by atoms with van der Waals surface area (Å²) in [6, 6.07) is 9.02. The molecular weight excluding hydrogens is 340 g/mol. The topological polar surface area (TPSA) is 58.6 Å². The van der Waals surface area contributed by atoms with E-state index >= 15 is 0 Å². The van der Waals surface area contributed by atoms with E-state index in [4.69, 9.17) is 0 Å². The van der Waals surface area contributed by atoms with Crippen molar-refractivity contribution in [1.82, 2.24) is 10.2 Å². The maximum Gasteiger partial charge on any atom is 0.407 e. The molecule has 3 fully saturated rings. The largest absolute Gasteiger partial charge is 0.453 e. The summed E-state index contributed by atoms with van der Waals surface area (Å²) in [4.78, 5) is 26.4. The van der Waals surface area contributed by atoms with E-state index in [9.17, 15) is 9.59 Å². The van der Waals surface area contributed by atoms with Crippen LogP contribution in [0.25, 0.3) is 0 Å². The number of fused-ring (bicyclic) bond motifs is 1. The maximum absolute atomic E-state index is 12.9. The SMILES string of the molecule is COC(=O)NC1(C)CC(C(=O)N2CC3CC3(c3ccc(C(C)C)cc3)C2)C1. The Morgan fingerprint density at radius 2 is 1.85 bits per heavy atom. The van der Waals surface area contributed by atoms with Crippen molar-refractivity contribution in [1.29, 1.82) is 0 Å². The molecule has 0 spiro atoms. The highest BCUT2D eigenvalue weighted by molar-refractivity contribution is 5.82. The van der Waals surface area contributed by atoms with Crippen molar-refractivity contribution >= 4 is 12.0 Å². The fourth-order valence-electron chi connectivity index (χ4n) is 5.16. The molecule has 1 N–H and O–H groups in total. The minimum absolute atomic E-state index is 0.0185. The van der Waals surface area contributed by atoms with E-state index in [0.717, 1.165) is 13.1 Å². The Balaban J connectivity index is 1.36. The molecule has 1 aliphatic heterocycles. The van der Waals surface area contributed by atoms with Gasteiger partial charge in [0.2, 0.25) is 5.91 Å².